The maximum absolute atomic E-state index is 13.7. The molecule has 3 aromatic carbocycles. The zero-order valence-corrected chi connectivity index (χ0v) is 21.8. The van der Waals surface area contributed by atoms with E-state index in [2.05, 4.69) is 0 Å². The van der Waals surface area contributed by atoms with E-state index in [0.29, 0.717) is 44.9 Å². The molecule has 0 spiro atoms. The number of carbonyl (C=O) groups is 1. The third-order valence-corrected chi connectivity index (χ3v) is 7.07. The second-order valence-corrected chi connectivity index (χ2v) is 9.05. The summed E-state index contributed by atoms with van der Waals surface area (Å²) in [4.78, 5) is 27.2. The van der Waals surface area contributed by atoms with Crippen LogP contribution in [-0.2, 0) is 11.3 Å². The van der Waals surface area contributed by atoms with Crippen molar-refractivity contribution in [3.05, 3.63) is 82.3 Å². The number of cyclic esters (lactones) is 1. The minimum absolute atomic E-state index is 0.226. The predicted octanol–water partition coefficient (Wildman–Crippen LogP) is 5.36. The lowest BCUT2D eigenvalue weighted by Gasteiger charge is -2.26. The summed E-state index contributed by atoms with van der Waals surface area (Å²) >= 11 is 0. The number of benzene rings is 3. The summed E-state index contributed by atoms with van der Waals surface area (Å²) in [5.74, 6) is 1.68. The molecular formula is C30H25NO8. The highest BCUT2D eigenvalue weighted by Gasteiger charge is 2.36. The Labute approximate surface area is 223 Å². The Balaban J connectivity index is 1.67. The number of methoxy groups -OCH3 is 4. The van der Waals surface area contributed by atoms with Crippen LogP contribution in [0.1, 0.15) is 22.2 Å². The number of nitrogens with zero attached hydrogens (tertiary/aromatic N) is 1. The highest BCUT2D eigenvalue weighted by Crippen LogP contribution is 2.44. The van der Waals surface area contributed by atoms with Crippen molar-refractivity contribution in [1.82, 2.24) is 4.57 Å². The molecule has 5 aromatic rings. The van der Waals surface area contributed by atoms with Crippen molar-refractivity contribution >= 4 is 27.8 Å². The van der Waals surface area contributed by atoms with Crippen LogP contribution in [0.2, 0.25) is 0 Å². The summed E-state index contributed by atoms with van der Waals surface area (Å²) in [6, 6.07) is 17.9. The van der Waals surface area contributed by atoms with Gasteiger partial charge < -0.3 is 32.7 Å². The van der Waals surface area contributed by atoms with Crippen molar-refractivity contribution in [3.8, 4) is 34.1 Å². The van der Waals surface area contributed by atoms with Crippen LogP contribution >= 0.6 is 0 Å². The number of aromatic nitrogens is 1. The fraction of sp³-hybridized carbons (Fsp3) is 0.200. The minimum atomic E-state index is -0.615. The molecule has 1 aliphatic rings. The zero-order chi connectivity index (χ0) is 27.3. The van der Waals surface area contributed by atoms with Crippen LogP contribution in [0.25, 0.3) is 33.0 Å². The second kappa shape index (κ2) is 9.43. The van der Waals surface area contributed by atoms with Crippen molar-refractivity contribution in [1.29, 1.82) is 0 Å². The number of fused-ring (bicyclic) bond motifs is 5. The Morgan fingerprint density at radius 2 is 1.41 bits per heavy atom. The molecule has 0 amide bonds. The first-order valence-electron chi connectivity index (χ1n) is 12.2. The van der Waals surface area contributed by atoms with Gasteiger partial charge in [-0.15, -0.1) is 0 Å². The van der Waals surface area contributed by atoms with Gasteiger partial charge in [0.2, 0.25) is 0 Å². The highest BCUT2D eigenvalue weighted by atomic mass is 16.5. The maximum Gasteiger partial charge on any atom is 0.361 e. The van der Waals surface area contributed by atoms with Crippen LogP contribution < -0.4 is 24.6 Å². The van der Waals surface area contributed by atoms with E-state index in [-0.39, 0.29) is 17.8 Å². The van der Waals surface area contributed by atoms with Crippen LogP contribution in [-0.4, -0.2) is 39.0 Å². The molecule has 9 heteroatoms. The quantitative estimate of drug-likeness (QED) is 0.215. The Morgan fingerprint density at radius 1 is 0.795 bits per heavy atom. The molecule has 2 aromatic heterocycles. The van der Waals surface area contributed by atoms with Gasteiger partial charge in [-0.25, -0.2) is 9.59 Å². The van der Waals surface area contributed by atoms with Gasteiger partial charge in [-0.1, -0.05) is 24.3 Å². The monoisotopic (exact) mass is 527 g/mol. The van der Waals surface area contributed by atoms with Crippen LogP contribution in [0, 0.1) is 0 Å². The first-order chi connectivity index (χ1) is 19.0. The third-order valence-electron chi connectivity index (χ3n) is 7.07. The highest BCUT2D eigenvalue weighted by molar-refractivity contribution is 6.18. The number of carbonyl (C=O) groups excluding carboxylic acids is 1. The molecule has 9 nitrogen and oxygen atoms in total. The van der Waals surface area contributed by atoms with Crippen molar-refractivity contribution in [2.45, 2.75) is 12.6 Å². The van der Waals surface area contributed by atoms with Gasteiger partial charge in [-0.3, -0.25) is 0 Å². The summed E-state index contributed by atoms with van der Waals surface area (Å²) in [5, 5.41) is 1.17. The van der Waals surface area contributed by atoms with Crippen LogP contribution in [0.3, 0.4) is 0 Å². The average molecular weight is 528 g/mol. The summed E-state index contributed by atoms with van der Waals surface area (Å²) in [6.45, 7) is 0.226. The smallest absolute Gasteiger partial charge is 0.361 e. The number of esters is 1. The van der Waals surface area contributed by atoms with Crippen molar-refractivity contribution in [2.24, 2.45) is 0 Å². The van der Waals surface area contributed by atoms with Gasteiger partial charge in [0.05, 0.1) is 35.0 Å². The van der Waals surface area contributed by atoms with E-state index in [4.69, 9.17) is 28.1 Å². The summed E-state index contributed by atoms with van der Waals surface area (Å²) in [7, 11) is 6.21. The summed E-state index contributed by atoms with van der Waals surface area (Å²) in [6.07, 6.45) is -0.615. The normalized spacial score (nSPS) is 14.7. The van der Waals surface area contributed by atoms with E-state index < -0.39 is 17.7 Å². The molecule has 3 heterocycles. The molecule has 39 heavy (non-hydrogen) atoms. The SMILES string of the molecule is COc1ccc(-c2c3n(c4c(=O)oc5cc(OC)c(OC)cc5c24)CC(c2ccc(OC)cc2)OC3=O)cc1. The van der Waals surface area contributed by atoms with Crippen LogP contribution in [0.5, 0.6) is 23.0 Å². The number of ether oxygens (including phenoxy) is 5. The Kier molecular flexibility index (Phi) is 5.91. The van der Waals surface area contributed by atoms with Crippen molar-refractivity contribution in [3.63, 3.8) is 0 Å². The van der Waals surface area contributed by atoms with E-state index in [0.717, 1.165) is 11.1 Å². The number of hydrogen-bond donors (Lipinski definition) is 0. The Bertz CT molecular complexity index is 1780. The second-order valence-electron chi connectivity index (χ2n) is 9.05. The molecule has 0 fully saturated rings. The van der Waals surface area contributed by atoms with Gasteiger partial charge in [-0.2, -0.15) is 0 Å². The summed E-state index contributed by atoms with van der Waals surface area (Å²) < 4.78 is 35.0. The van der Waals surface area contributed by atoms with Gasteiger partial charge in [0.15, 0.2) is 11.5 Å². The fourth-order valence-corrected chi connectivity index (χ4v) is 5.20. The molecule has 0 saturated carbocycles. The lowest BCUT2D eigenvalue weighted by atomic mass is 9.99. The average Bonchev–Trinajstić information content (AvgIpc) is 3.33. The lowest BCUT2D eigenvalue weighted by molar-refractivity contribution is 0.0163. The molecule has 1 atom stereocenters. The van der Waals surface area contributed by atoms with E-state index in [9.17, 15) is 9.59 Å². The molecule has 0 saturated heterocycles. The van der Waals surface area contributed by atoms with Gasteiger partial charge >= 0.3 is 11.6 Å². The first kappa shape index (κ1) is 24.4. The van der Waals surface area contributed by atoms with Gasteiger partial charge in [0, 0.05) is 22.4 Å². The fourth-order valence-electron chi connectivity index (χ4n) is 5.20. The van der Waals surface area contributed by atoms with Gasteiger partial charge in [-0.05, 0) is 41.5 Å². The van der Waals surface area contributed by atoms with E-state index in [1.807, 2.05) is 24.3 Å². The summed E-state index contributed by atoms with van der Waals surface area (Å²) in [5.41, 5.74) is 2.34. The van der Waals surface area contributed by atoms with E-state index in [1.54, 1.807) is 55.2 Å². The zero-order valence-electron chi connectivity index (χ0n) is 21.8. The largest absolute Gasteiger partial charge is 0.497 e. The number of rotatable bonds is 6. The first-order valence-corrected chi connectivity index (χ1v) is 12.2. The van der Waals surface area contributed by atoms with Crippen molar-refractivity contribution in [2.75, 3.05) is 28.4 Å². The Hall–Kier alpha value is -4.92. The topological polar surface area (TPSA) is 98.4 Å². The Morgan fingerprint density at radius 3 is 2.03 bits per heavy atom. The number of hydrogen-bond acceptors (Lipinski definition) is 8. The van der Waals surface area contributed by atoms with Crippen LogP contribution in [0.15, 0.2) is 69.9 Å². The molecule has 0 bridgehead atoms. The molecule has 0 radical (unpaired) electrons. The lowest BCUT2D eigenvalue weighted by Crippen LogP contribution is -2.27. The minimum Gasteiger partial charge on any atom is -0.497 e. The molecule has 6 rings (SSSR count). The molecular weight excluding hydrogens is 502 g/mol. The molecule has 0 aliphatic carbocycles. The van der Waals surface area contributed by atoms with Crippen LogP contribution in [0.4, 0.5) is 0 Å². The standard InChI is InChI=1S/C30H25NO8/c1-34-18-9-5-16(6-10-18)24-15-31-27(29(32)39-24)25(17-7-11-19(35-2)12-8-17)26-20-13-22(36-3)23(37-4)14-21(20)38-30(33)28(26)31/h5-14,24H,15H2,1-4H3. The molecule has 1 aliphatic heterocycles. The van der Waals surface area contributed by atoms with E-state index >= 15 is 0 Å². The molecule has 0 N–H and O–H groups in total. The third kappa shape index (κ3) is 3.85. The van der Waals surface area contributed by atoms with E-state index in [1.165, 1.54) is 14.2 Å². The van der Waals surface area contributed by atoms with Gasteiger partial charge in [0.1, 0.15) is 34.4 Å². The van der Waals surface area contributed by atoms with Gasteiger partial charge in [0.25, 0.3) is 0 Å². The molecule has 198 valence electrons. The molecule has 1 unspecified atom stereocenters. The maximum atomic E-state index is 13.7. The van der Waals surface area contributed by atoms with Crippen molar-refractivity contribution < 1.29 is 32.9 Å². The predicted molar refractivity (Wildman–Crippen MR) is 144 cm³/mol.